The van der Waals surface area contributed by atoms with Gasteiger partial charge in [0, 0.05) is 42.5 Å². The molecule has 0 bridgehead atoms. The smallest absolute Gasteiger partial charge is 0.373 e. The summed E-state index contributed by atoms with van der Waals surface area (Å²) in [5, 5.41) is 13.9. The van der Waals surface area contributed by atoms with Crippen LogP contribution >= 0.6 is 0 Å². The van der Waals surface area contributed by atoms with E-state index in [1.54, 1.807) is 37.0 Å². The third kappa shape index (κ3) is 5.38. The van der Waals surface area contributed by atoms with Crippen molar-refractivity contribution >= 4 is 23.2 Å². The maximum Gasteiger partial charge on any atom is 0.417 e. The molecule has 37 heavy (non-hydrogen) atoms. The second kappa shape index (κ2) is 10.3. The fourth-order valence-corrected chi connectivity index (χ4v) is 3.92. The Morgan fingerprint density at radius 3 is 2.54 bits per heavy atom. The van der Waals surface area contributed by atoms with Gasteiger partial charge in [0.05, 0.1) is 11.3 Å². The van der Waals surface area contributed by atoms with Gasteiger partial charge >= 0.3 is 6.18 Å². The average molecular weight is 511 g/mol. The van der Waals surface area contributed by atoms with Gasteiger partial charge in [0.1, 0.15) is 18.0 Å². The molecule has 2 aromatic heterocycles. The molecule has 2 aromatic carbocycles. The van der Waals surface area contributed by atoms with E-state index in [2.05, 4.69) is 31.0 Å². The predicted octanol–water partition coefficient (Wildman–Crippen LogP) is 4.26. The Labute approximate surface area is 210 Å². The number of anilines is 3. The van der Waals surface area contributed by atoms with Crippen molar-refractivity contribution in [1.29, 1.82) is 0 Å². The fourth-order valence-electron chi connectivity index (χ4n) is 3.92. The molecular weight excluding hydrogens is 485 g/mol. The van der Waals surface area contributed by atoms with E-state index in [9.17, 15) is 18.0 Å². The summed E-state index contributed by atoms with van der Waals surface area (Å²) in [6, 6.07) is 11.7. The van der Waals surface area contributed by atoms with E-state index >= 15 is 0 Å². The minimum Gasteiger partial charge on any atom is -0.373 e. The molecule has 12 heteroatoms. The molecule has 2 heterocycles. The van der Waals surface area contributed by atoms with Gasteiger partial charge in [-0.25, -0.2) is 9.97 Å². The Balaban J connectivity index is 1.84. The Kier molecular flexibility index (Phi) is 7.11. The SMILES string of the molecule is CNCc1cc(Nc2cc(-c3c(C(N)=O)cccc3C(F)(F)F)ccc2C)n(-c2cc(NC)ncn2)n1. The lowest BCUT2D eigenvalue weighted by Gasteiger charge is -2.18. The van der Waals surface area contributed by atoms with Crippen molar-refractivity contribution < 1.29 is 18.0 Å². The summed E-state index contributed by atoms with van der Waals surface area (Å²) < 4.78 is 43.2. The number of halogens is 3. The van der Waals surface area contributed by atoms with Gasteiger partial charge in [-0.3, -0.25) is 4.79 Å². The number of aryl methyl sites for hydroxylation is 1. The van der Waals surface area contributed by atoms with Crippen molar-refractivity contribution in [3.05, 3.63) is 77.2 Å². The lowest BCUT2D eigenvalue weighted by molar-refractivity contribution is -0.137. The molecule has 0 radical (unpaired) electrons. The van der Waals surface area contributed by atoms with Crippen LogP contribution in [0.5, 0.6) is 0 Å². The quantitative estimate of drug-likeness (QED) is 0.279. The van der Waals surface area contributed by atoms with Crippen molar-refractivity contribution in [2.24, 2.45) is 5.73 Å². The molecule has 0 aliphatic rings. The zero-order valence-electron chi connectivity index (χ0n) is 20.3. The highest BCUT2D eigenvalue weighted by Gasteiger charge is 2.35. The molecule has 5 N–H and O–H groups in total. The maximum atomic E-state index is 13.9. The van der Waals surface area contributed by atoms with E-state index in [-0.39, 0.29) is 16.7 Å². The van der Waals surface area contributed by atoms with Gasteiger partial charge in [-0.1, -0.05) is 18.2 Å². The number of benzene rings is 2. The monoisotopic (exact) mass is 510 g/mol. The molecule has 0 aliphatic carbocycles. The molecule has 0 atom stereocenters. The lowest BCUT2D eigenvalue weighted by atomic mass is 9.92. The van der Waals surface area contributed by atoms with Gasteiger partial charge in [-0.2, -0.15) is 23.0 Å². The highest BCUT2D eigenvalue weighted by molar-refractivity contribution is 6.01. The van der Waals surface area contributed by atoms with Crippen LogP contribution in [0.4, 0.5) is 30.5 Å². The summed E-state index contributed by atoms with van der Waals surface area (Å²) in [5.74, 6) is 0.652. The zero-order chi connectivity index (χ0) is 26.7. The Morgan fingerprint density at radius 1 is 1.08 bits per heavy atom. The molecule has 0 fully saturated rings. The number of carbonyl (C=O) groups is 1. The summed E-state index contributed by atoms with van der Waals surface area (Å²) in [7, 11) is 3.52. The van der Waals surface area contributed by atoms with E-state index in [1.807, 2.05) is 13.0 Å². The van der Waals surface area contributed by atoms with Crippen molar-refractivity contribution in [2.45, 2.75) is 19.6 Å². The van der Waals surface area contributed by atoms with Crippen molar-refractivity contribution in [1.82, 2.24) is 25.1 Å². The van der Waals surface area contributed by atoms with Gasteiger partial charge in [0.15, 0.2) is 5.82 Å². The molecule has 0 saturated carbocycles. The summed E-state index contributed by atoms with van der Waals surface area (Å²) >= 11 is 0. The third-order valence-electron chi connectivity index (χ3n) is 5.67. The van der Waals surface area contributed by atoms with E-state index in [4.69, 9.17) is 5.73 Å². The maximum absolute atomic E-state index is 13.9. The number of nitrogens with two attached hydrogens (primary N) is 1. The fraction of sp³-hybridized carbons (Fsp3) is 0.200. The standard InChI is InChI=1S/C25H25F3N8O/c1-14-7-8-15(23-17(24(29)37)5-4-6-18(23)25(26,27)28)9-19(14)34-22-10-16(12-30-2)35-36(22)21-11-20(31-3)32-13-33-21/h4-11,13,30,34H,12H2,1-3H3,(H2,29,37)(H,31,32,33). The number of hydrogen-bond acceptors (Lipinski definition) is 7. The number of primary amides is 1. The van der Waals surface area contributed by atoms with Crippen LogP contribution in [0, 0.1) is 6.92 Å². The predicted molar refractivity (Wildman–Crippen MR) is 135 cm³/mol. The van der Waals surface area contributed by atoms with E-state index in [0.29, 0.717) is 35.4 Å². The van der Waals surface area contributed by atoms with Crippen molar-refractivity contribution in [3.63, 3.8) is 0 Å². The Hall–Kier alpha value is -4.45. The molecular formula is C25H25F3N8O. The largest absolute Gasteiger partial charge is 0.417 e. The number of nitrogens with zero attached hydrogens (tertiary/aromatic N) is 4. The van der Waals surface area contributed by atoms with Crippen LogP contribution in [0.2, 0.25) is 0 Å². The normalized spacial score (nSPS) is 11.4. The van der Waals surface area contributed by atoms with Crippen LogP contribution in [0.1, 0.15) is 27.2 Å². The van der Waals surface area contributed by atoms with E-state index in [0.717, 1.165) is 11.6 Å². The highest BCUT2D eigenvalue weighted by Crippen LogP contribution is 2.40. The summed E-state index contributed by atoms with van der Waals surface area (Å²) in [5.41, 5.74) is 6.18. The molecule has 192 valence electrons. The first-order valence-electron chi connectivity index (χ1n) is 11.2. The zero-order valence-corrected chi connectivity index (χ0v) is 20.3. The number of alkyl halides is 3. The van der Waals surface area contributed by atoms with Gasteiger partial charge in [0.2, 0.25) is 5.91 Å². The third-order valence-corrected chi connectivity index (χ3v) is 5.67. The Morgan fingerprint density at radius 2 is 1.86 bits per heavy atom. The van der Waals surface area contributed by atoms with Crippen LogP contribution in [-0.2, 0) is 12.7 Å². The summed E-state index contributed by atoms with van der Waals surface area (Å²) in [6.07, 6.45) is -3.28. The minimum absolute atomic E-state index is 0.191. The van der Waals surface area contributed by atoms with Gasteiger partial charge in [0.25, 0.3) is 0 Å². The summed E-state index contributed by atoms with van der Waals surface area (Å²) in [6.45, 7) is 2.29. The summed E-state index contributed by atoms with van der Waals surface area (Å²) in [4.78, 5) is 20.5. The topological polar surface area (TPSA) is 123 Å². The molecule has 4 aromatic rings. The van der Waals surface area contributed by atoms with Crippen LogP contribution < -0.4 is 21.7 Å². The molecule has 0 spiro atoms. The number of carbonyl (C=O) groups excluding carboxylic acids is 1. The number of rotatable bonds is 8. The minimum atomic E-state index is -4.68. The lowest BCUT2D eigenvalue weighted by Crippen LogP contribution is -2.16. The first-order valence-corrected chi connectivity index (χ1v) is 11.2. The molecule has 4 rings (SSSR count). The first-order chi connectivity index (χ1) is 17.6. The van der Waals surface area contributed by atoms with E-state index < -0.39 is 17.6 Å². The molecule has 0 unspecified atom stereocenters. The molecule has 9 nitrogen and oxygen atoms in total. The first kappa shape index (κ1) is 25.6. The van der Waals surface area contributed by atoms with Crippen LogP contribution in [0.15, 0.2) is 54.9 Å². The number of nitrogens with one attached hydrogen (secondary N) is 3. The second-order valence-electron chi connectivity index (χ2n) is 8.22. The van der Waals surface area contributed by atoms with Crippen molar-refractivity contribution in [3.8, 4) is 16.9 Å². The van der Waals surface area contributed by atoms with Gasteiger partial charge in [-0.15, -0.1) is 0 Å². The molecule has 0 aliphatic heterocycles. The molecule has 1 amide bonds. The van der Waals surface area contributed by atoms with Crippen LogP contribution in [-0.4, -0.2) is 39.8 Å². The highest BCUT2D eigenvalue weighted by atomic mass is 19.4. The second-order valence-corrected chi connectivity index (χ2v) is 8.22. The number of amides is 1. The number of hydrogen-bond donors (Lipinski definition) is 4. The molecule has 0 saturated heterocycles. The Bertz CT molecular complexity index is 1450. The van der Waals surface area contributed by atoms with Crippen LogP contribution in [0.25, 0.3) is 16.9 Å². The van der Waals surface area contributed by atoms with Gasteiger partial charge < -0.3 is 21.7 Å². The van der Waals surface area contributed by atoms with E-state index in [1.165, 1.54) is 24.5 Å². The van der Waals surface area contributed by atoms with Crippen LogP contribution in [0.3, 0.4) is 0 Å². The van der Waals surface area contributed by atoms with Gasteiger partial charge in [-0.05, 0) is 43.3 Å². The van der Waals surface area contributed by atoms with Crippen molar-refractivity contribution in [2.75, 3.05) is 24.7 Å². The number of aromatic nitrogens is 4. The average Bonchev–Trinajstić information content (AvgIpc) is 3.26.